The van der Waals surface area contributed by atoms with Crippen molar-refractivity contribution in [3.05, 3.63) is 45.2 Å². The van der Waals surface area contributed by atoms with Crippen LogP contribution in [0.25, 0.3) is 0 Å². The van der Waals surface area contributed by atoms with E-state index >= 15 is 0 Å². The number of carbonyl (C=O) groups excluding carboxylic acids is 1. The van der Waals surface area contributed by atoms with Crippen molar-refractivity contribution in [2.24, 2.45) is 0 Å². The zero-order valence-electron chi connectivity index (χ0n) is 12.2. The Labute approximate surface area is 139 Å². The number of hydrogen-bond donors (Lipinski definition) is 1. The number of hydrogen-bond acceptors (Lipinski definition) is 5. The van der Waals surface area contributed by atoms with Crippen LogP contribution in [0.4, 0.5) is 20.2 Å². The topological polar surface area (TPSA) is 99.3 Å². The third kappa shape index (κ3) is 4.38. The van der Waals surface area contributed by atoms with Crippen LogP contribution in [0.15, 0.2) is 24.4 Å². The number of nitrogens with zero attached hydrogens (tertiary/aromatic N) is 3. The molecule has 128 valence electrons. The lowest BCUT2D eigenvalue weighted by Gasteiger charge is -2.09. The van der Waals surface area contributed by atoms with Crippen molar-refractivity contribution in [2.45, 2.75) is 20.1 Å². The standard InChI is InChI=1S/C13H11ClF2N4O4/c1-7-10(20(22)23)5-19(18-7)6-12(21)17-8-2-3-11(9(14)4-8)24-13(15)16/h2-5,13H,6H2,1H3,(H,17,21). The number of rotatable bonds is 6. The van der Waals surface area contributed by atoms with Crippen molar-refractivity contribution in [3.8, 4) is 5.75 Å². The van der Waals surface area contributed by atoms with Crippen LogP contribution in [0.2, 0.25) is 5.02 Å². The van der Waals surface area contributed by atoms with E-state index in [0.29, 0.717) is 0 Å². The number of carbonyl (C=O) groups is 1. The molecule has 0 aliphatic heterocycles. The summed E-state index contributed by atoms with van der Waals surface area (Å²) in [5.74, 6) is -0.742. The number of nitrogens with one attached hydrogen (secondary N) is 1. The Morgan fingerprint density at radius 2 is 2.25 bits per heavy atom. The lowest BCUT2D eigenvalue weighted by molar-refractivity contribution is -0.385. The molecule has 8 nitrogen and oxygen atoms in total. The van der Waals surface area contributed by atoms with Gasteiger partial charge in [0.25, 0.3) is 0 Å². The minimum atomic E-state index is -3.01. The number of amides is 1. The van der Waals surface area contributed by atoms with Gasteiger partial charge in [-0.25, -0.2) is 0 Å². The average molecular weight is 361 g/mol. The van der Waals surface area contributed by atoms with Gasteiger partial charge in [-0.2, -0.15) is 13.9 Å². The Balaban J connectivity index is 2.03. The second kappa shape index (κ2) is 7.21. The summed E-state index contributed by atoms with van der Waals surface area (Å²) in [6, 6.07) is 3.76. The Hall–Kier alpha value is -2.75. The molecule has 24 heavy (non-hydrogen) atoms. The third-order valence-electron chi connectivity index (χ3n) is 2.85. The van der Waals surface area contributed by atoms with Crippen LogP contribution in [0.5, 0.6) is 5.75 Å². The van der Waals surface area contributed by atoms with Gasteiger partial charge in [0.05, 0.1) is 9.95 Å². The van der Waals surface area contributed by atoms with E-state index in [4.69, 9.17) is 11.6 Å². The molecule has 0 unspecified atom stereocenters. The number of aromatic nitrogens is 2. The number of benzene rings is 1. The first-order valence-electron chi connectivity index (χ1n) is 6.49. The van der Waals surface area contributed by atoms with Gasteiger partial charge in [-0.3, -0.25) is 19.6 Å². The molecular weight excluding hydrogens is 350 g/mol. The molecule has 0 radical (unpaired) electrons. The number of nitro groups is 1. The summed E-state index contributed by atoms with van der Waals surface area (Å²) in [6.45, 7) is -1.82. The molecule has 0 atom stereocenters. The van der Waals surface area contributed by atoms with Crippen molar-refractivity contribution in [1.29, 1.82) is 0 Å². The molecule has 0 bridgehead atoms. The first-order valence-corrected chi connectivity index (χ1v) is 6.86. The summed E-state index contributed by atoms with van der Waals surface area (Å²) in [6.07, 6.45) is 1.14. The highest BCUT2D eigenvalue weighted by Gasteiger charge is 2.17. The first kappa shape index (κ1) is 17.6. The maximum Gasteiger partial charge on any atom is 0.387 e. The molecule has 0 saturated heterocycles. The van der Waals surface area contributed by atoms with E-state index in [0.717, 1.165) is 10.9 Å². The Morgan fingerprint density at radius 1 is 1.54 bits per heavy atom. The lowest BCUT2D eigenvalue weighted by Crippen LogP contribution is -2.19. The molecule has 0 fully saturated rings. The summed E-state index contributed by atoms with van der Waals surface area (Å²) in [7, 11) is 0. The fourth-order valence-electron chi connectivity index (χ4n) is 1.89. The van der Waals surface area contributed by atoms with E-state index in [1.807, 2.05) is 0 Å². The second-order valence-corrected chi connectivity index (χ2v) is 5.03. The van der Waals surface area contributed by atoms with Gasteiger partial charge in [0.2, 0.25) is 5.91 Å². The van der Waals surface area contributed by atoms with Crippen LogP contribution in [-0.4, -0.2) is 27.2 Å². The summed E-state index contributed by atoms with van der Waals surface area (Å²) in [5.41, 5.74) is 0.244. The third-order valence-corrected chi connectivity index (χ3v) is 3.15. The van der Waals surface area contributed by atoms with Crippen molar-refractivity contribution in [2.75, 3.05) is 5.32 Å². The molecule has 11 heteroatoms. The lowest BCUT2D eigenvalue weighted by atomic mass is 10.3. The first-order chi connectivity index (χ1) is 11.3. The Kier molecular flexibility index (Phi) is 5.29. The maximum absolute atomic E-state index is 12.1. The minimum Gasteiger partial charge on any atom is -0.433 e. The summed E-state index contributed by atoms with van der Waals surface area (Å²) in [5, 5.41) is 17.0. The normalized spacial score (nSPS) is 10.7. The molecule has 0 saturated carbocycles. The van der Waals surface area contributed by atoms with Gasteiger partial charge in [0, 0.05) is 5.69 Å². The van der Waals surface area contributed by atoms with E-state index in [9.17, 15) is 23.7 Å². The molecule has 2 aromatic rings. The molecule has 0 aliphatic carbocycles. The van der Waals surface area contributed by atoms with Gasteiger partial charge in [-0.15, -0.1) is 0 Å². The van der Waals surface area contributed by atoms with Gasteiger partial charge < -0.3 is 10.1 Å². The van der Waals surface area contributed by atoms with Crippen LogP contribution in [0, 0.1) is 17.0 Å². The number of alkyl halides is 2. The molecule has 1 amide bonds. The maximum atomic E-state index is 12.1. The van der Waals surface area contributed by atoms with Gasteiger partial charge in [-0.05, 0) is 25.1 Å². The van der Waals surface area contributed by atoms with Gasteiger partial charge in [0.15, 0.2) is 0 Å². The Bertz CT molecular complexity index is 781. The van der Waals surface area contributed by atoms with Gasteiger partial charge in [-0.1, -0.05) is 11.6 Å². The molecule has 1 heterocycles. The predicted molar refractivity (Wildman–Crippen MR) is 80.3 cm³/mol. The summed E-state index contributed by atoms with van der Waals surface area (Å²) >= 11 is 5.77. The number of aryl methyl sites for hydroxylation is 1. The zero-order chi connectivity index (χ0) is 17.9. The molecule has 1 aromatic heterocycles. The second-order valence-electron chi connectivity index (χ2n) is 4.63. The number of ether oxygens (including phenoxy) is 1. The Morgan fingerprint density at radius 3 is 2.79 bits per heavy atom. The molecule has 1 aromatic carbocycles. The van der Waals surface area contributed by atoms with Crippen LogP contribution < -0.4 is 10.1 Å². The SMILES string of the molecule is Cc1nn(CC(=O)Nc2ccc(OC(F)F)c(Cl)c2)cc1[N+](=O)[O-]. The van der Waals surface area contributed by atoms with Crippen molar-refractivity contribution in [3.63, 3.8) is 0 Å². The van der Waals surface area contributed by atoms with E-state index in [-0.39, 0.29) is 34.4 Å². The zero-order valence-corrected chi connectivity index (χ0v) is 13.0. The molecule has 2 rings (SSSR count). The number of halogens is 3. The quantitative estimate of drug-likeness (QED) is 0.630. The van der Waals surface area contributed by atoms with Gasteiger partial charge >= 0.3 is 12.3 Å². The monoisotopic (exact) mass is 360 g/mol. The highest BCUT2D eigenvalue weighted by molar-refractivity contribution is 6.32. The molecule has 0 spiro atoms. The van der Waals surface area contributed by atoms with Crippen LogP contribution in [-0.2, 0) is 11.3 Å². The van der Waals surface area contributed by atoms with Crippen LogP contribution >= 0.6 is 11.6 Å². The van der Waals surface area contributed by atoms with Crippen molar-refractivity contribution in [1.82, 2.24) is 9.78 Å². The molecule has 0 aliphatic rings. The van der Waals surface area contributed by atoms with Gasteiger partial charge in [0.1, 0.15) is 24.2 Å². The van der Waals surface area contributed by atoms with E-state index in [2.05, 4.69) is 15.2 Å². The highest BCUT2D eigenvalue weighted by atomic mass is 35.5. The minimum absolute atomic E-state index is 0.0985. The predicted octanol–water partition coefficient (Wildman–Crippen LogP) is 2.99. The molecular formula is C13H11ClF2N4O4. The highest BCUT2D eigenvalue weighted by Crippen LogP contribution is 2.29. The van der Waals surface area contributed by atoms with Crippen molar-refractivity contribution >= 4 is 28.9 Å². The summed E-state index contributed by atoms with van der Waals surface area (Å²) in [4.78, 5) is 22.0. The fraction of sp³-hybridized carbons (Fsp3) is 0.231. The van der Waals surface area contributed by atoms with E-state index in [1.54, 1.807) is 0 Å². The average Bonchev–Trinajstić information content (AvgIpc) is 2.82. The number of anilines is 1. The van der Waals surface area contributed by atoms with E-state index < -0.39 is 17.4 Å². The smallest absolute Gasteiger partial charge is 0.387 e. The molecule has 1 N–H and O–H groups in total. The van der Waals surface area contributed by atoms with Crippen LogP contribution in [0.3, 0.4) is 0 Å². The summed E-state index contributed by atoms with van der Waals surface area (Å²) < 4.78 is 29.6. The van der Waals surface area contributed by atoms with Crippen molar-refractivity contribution < 1.29 is 23.2 Å². The largest absolute Gasteiger partial charge is 0.433 e. The van der Waals surface area contributed by atoms with Crippen LogP contribution in [0.1, 0.15) is 5.69 Å². The fourth-order valence-corrected chi connectivity index (χ4v) is 2.11. The van der Waals surface area contributed by atoms with E-state index in [1.165, 1.54) is 25.1 Å².